The Morgan fingerprint density at radius 3 is 2.58 bits per heavy atom. The van der Waals surface area contributed by atoms with Crippen LogP contribution in [0.4, 0.5) is 10.5 Å². The zero-order valence-corrected chi connectivity index (χ0v) is 15.3. The van der Waals surface area contributed by atoms with E-state index in [0.29, 0.717) is 12.1 Å². The summed E-state index contributed by atoms with van der Waals surface area (Å²) in [7, 11) is 0. The van der Waals surface area contributed by atoms with Gasteiger partial charge in [-0.15, -0.1) is 0 Å². The molecule has 1 heterocycles. The Bertz CT molecular complexity index is 553. The molecule has 0 saturated carbocycles. The van der Waals surface area contributed by atoms with E-state index in [1.807, 2.05) is 19.9 Å². The summed E-state index contributed by atoms with van der Waals surface area (Å²) in [6.07, 6.45) is 4.16. The first-order chi connectivity index (χ1) is 11.3. The van der Waals surface area contributed by atoms with Crippen LogP contribution in [0, 0.1) is 0 Å². The molecule has 0 fully saturated rings. The van der Waals surface area contributed by atoms with Crippen LogP contribution in [0.15, 0.2) is 18.3 Å². The van der Waals surface area contributed by atoms with Gasteiger partial charge in [-0.25, -0.2) is 4.79 Å². The third kappa shape index (κ3) is 6.98. The summed E-state index contributed by atoms with van der Waals surface area (Å²) in [4.78, 5) is 28.8. The molecule has 0 aliphatic carbocycles. The summed E-state index contributed by atoms with van der Waals surface area (Å²) in [6.45, 7) is 9.38. The number of hydrogen-bond donors (Lipinski definition) is 2. The number of amides is 2. The van der Waals surface area contributed by atoms with Gasteiger partial charge in [0.05, 0.1) is 11.4 Å². The van der Waals surface area contributed by atoms with Crippen LogP contribution in [-0.2, 0) is 16.0 Å². The molecule has 0 radical (unpaired) electrons. The lowest BCUT2D eigenvalue weighted by Gasteiger charge is -2.23. The predicted molar refractivity (Wildman–Crippen MR) is 94.9 cm³/mol. The summed E-state index contributed by atoms with van der Waals surface area (Å²) >= 11 is 0. The molecule has 0 aliphatic heterocycles. The monoisotopic (exact) mass is 335 g/mol. The molecule has 0 bridgehead atoms. The van der Waals surface area contributed by atoms with Crippen LogP contribution < -0.4 is 10.6 Å². The van der Waals surface area contributed by atoms with E-state index in [1.54, 1.807) is 33.0 Å². The van der Waals surface area contributed by atoms with E-state index in [2.05, 4.69) is 15.6 Å². The van der Waals surface area contributed by atoms with E-state index in [1.165, 1.54) is 0 Å². The molecule has 0 saturated heterocycles. The summed E-state index contributed by atoms with van der Waals surface area (Å²) in [5.74, 6) is -0.253. The Morgan fingerprint density at radius 2 is 2.00 bits per heavy atom. The topological polar surface area (TPSA) is 80.3 Å². The summed E-state index contributed by atoms with van der Waals surface area (Å²) < 4.78 is 5.25. The molecule has 1 aromatic heterocycles. The number of hydrogen-bond acceptors (Lipinski definition) is 4. The van der Waals surface area contributed by atoms with Crippen molar-refractivity contribution in [2.45, 2.75) is 71.9 Å². The Balaban J connectivity index is 2.79. The number of nitrogens with zero attached hydrogens (tertiary/aromatic N) is 1. The van der Waals surface area contributed by atoms with E-state index in [0.717, 1.165) is 25.0 Å². The highest BCUT2D eigenvalue weighted by Crippen LogP contribution is 2.14. The van der Waals surface area contributed by atoms with Crippen LogP contribution in [0.2, 0.25) is 0 Å². The summed E-state index contributed by atoms with van der Waals surface area (Å²) in [5, 5.41) is 5.54. The maximum Gasteiger partial charge on any atom is 0.408 e. The van der Waals surface area contributed by atoms with Gasteiger partial charge in [0.15, 0.2) is 0 Å². The molecule has 6 nitrogen and oxygen atoms in total. The number of alkyl carbamates (subject to hydrolysis) is 1. The average Bonchev–Trinajstić information content (AvgIpc) is 2.50. The molecular weight excluding hydrogens is 306 g/mol. The fourth-order valence-electron chi connectivity index (χ4n) is 2.18. The van der Waals surface area contributed by atoms with Gasteiger partial charge in [0.25, 0.3) is 0 Å². The van der Waals surface area contributed by atoms with Gasteiger partial charge in [-0.2, -0.15) is 0 Å². The number of anilines is 1. The highest BCUT2D eigenvalue weighted by molar-refractivity contribution is 5.96. The minimum absolute atomic E-state index is 0.253. The third-order valence-electron chi connectivity index (χ3n) is 3.34. The molecule has 0 aliphatic rings. The predicted octanol–water partition coefficient (Wildman–Crippen LogP) is 3.67. The molecule has 1 rings (SSSR count). The number of pyridine rings is 1. The smallest absolute Gasteiger partial charge is 0.408 e. The van der Waals surface area contributed by atoms with Gasteiger partial charge >= 0.3 is 6.09 Å². The van der Waals surface area contributed by atoms with Crippen molar-refractivity contribution in [2.75, 3.05) is 5.32 Å². The Kier molecular flexibility index (Phi) is 7.68. The van der Waals surface area contributed by atoms with Crippen molar-refractivity contribution in [2.24, 2.45) is 0 Å². The van der Waals surface area contributed by atoms with Crippen LogP contribution in [0.25, 0.3) is 0 Å². The van der Waals surface area contributed by atoms with E-state index >= 15 is 0 Å². The van der Waals surface area contributed by atoms with Gasteiger partial charge < -0.3 is 15.4 Å². The molecule has 6 heteroatoms. The van der Waals surface area contributed by atoms with Crippen LogP contribution in [-0.4, -0.2) is 28.6 Å². The van der Waals surface area contributed by atoms with E-state index in [9.17, 15) is 9.59 Å². The molecular formula is C18H29N3O3. The normalized spacial score (nSPS) is 12.4. The lowest BCUT2D eigenvalue weighted by molar-refractivity contribution is -0.118. The molecule has 134 valence electrons. The average molecular weight is 335 g/mol. The largest absolute Gasteiger partial charge is 0.444 e. The maximum atomic E-state index is 12.6. The Labute approximate surface area is 144 Å². The fraction of sp³-hybridized carbons (Fsp3) is 0.611. The number of nitrogens with one attached hydrogen (secondary N) is 2. The van der Waals surface area contributed by atoms with Gasteiger partial charge in [-0.3, -0.25) is 9.78 Å². The van der Waals surface area contributed by atoms with Crippen molar-refractivity contribution >= 4 is 17.7 Å². The standard InChI is InChI=1S/C18H29N3O3/c1-6-8-10-15(21-17(23)24-18(3,4)5)16(22)20-14-11-9-12-19-13(14)7-2/h9,11-12,15H,6-8,10H2,1-5H3,(H,20,22)(H,21,23). The third-order valence-corrected chi connectivity index (χ3v) is 3.34. The summed E-state index contributed by atoms with van der Waals surface area (Å²) in [5.41, 5.74) is 0.893. The van der Waals surface area contributed by atoms with Gasteiger partial charge in [-0.1, -0.05) is 26.7 Å². The van der Waals surface area contributed by atoms with Crippen molar-refractivity contribution < 1.29 is 14.3 Å². The maximum absolute atomic E-state index is 12.6. The zero-order chi connectivity index (χ0) is 18.2. The number of rotatable bonds is 7. The van der Waals surface area contributed by atoms with E-state index in [-0.39, 0.29) is 5.91 Å². The highest BCUT2D eigenvalue weighted by Gasteiger charge is 2.24. The molecule has 1 atom stereocenters. The molecule has 2 amide bonds. The Morgan fingerprint density at radius 1 is 1.29 bits per heavy atom. The lowest BCUT2D eigenvalue weighted by Crippen LogP contribution is -2.45. The highest BCUT2D eigenvalue weighted by atomic mass is 16.6. The van der Waals surface area contributed by atoms with Crippen LogP contribution in [0.5, 0.6) is 0 Å². The number of aryl methyl sites for hydroxylation is 1. The summed E-state index contributed by atoms with van der Waals surface area (Å²) in [6, 6.07) is 2.95. The Hall–Kier alpha value is -2.11. The second kappa shape index (κ2) is 9.25. The minimum atomic E-state index is -0.635. The molecule has 2 N–H and O–H groups in total. The molecule has 1 aromatic rings. The van der Waals surface area contributed by atoms with Gasteiger partial charge in [0.2, 0.25) is 5.91 Å². The van der Waals surface area contributed by atoms with Crippen LogP contribution in [0.1, 0.15) is 59.6 Å². The van der Waals surface area contributed by atoms with E-state index < -0.39 is 17.7 Å². The minimum Gasteiger partial charge on any atom is -0.444 e. The number of aromatic nitrogens is 1. The van der Waals surface area contributed by atoms with Gasteiger partial charge in [0.1, 0.15) is 11.6 Å². The number of carbonyl (C=O) groups excluding carboxylic acids is 2. The van der Waals surface area contributed by atoms with E-state index in [4.69, 9.17) is 4.74 Å². The molecule has 1 unspecified atom stereocenters. The lowest BCUT2D eigenvalue weighted by atomic mass is 10.1. The van der Waals surface area contributed by atoms with Crippen LogP contribution in [0.3, 0.4) is 0 Å². The molecule has 0 spiro atoms. The first-order valence-corrected chi connectivity index (χ1v) is 8.51. The molecule has 0 aromatic carbocycles. The molecule has 24 heavy (non-hydrogen) atoms. The van der Waals surface area contributed by atoms with Crippen LogP contribution >= 0.6 is 0 Å². The van der Waals surface area contributed by atoms with Gasteiger partial charge in [0, 0.05) is 6.20 Å². The van der Waals surface area contributed by atoms with Crippen molar-refractivity contribution in [3.05, 3.63) is 24.0 Å². The van der Waals surface area contributed by atoms with Crippen molar-refractivity contribution in [3.8, 4) is 0 Å². The quantitative estimate of drug-likeness (QED) is 0.797. The first kappa shape index (κ1) is 19.9. The second-order valence-corrected chi connectivity index (χ2v) is 6.68. The number of ether oxygens (including phenoxy) is 1. The zero-order valence-electron chi connectivity index (χ0n) is 15.3. The first-order valence-electron chi connectivity index (χ1n) is 8.51. The SMILES string of the molecule is CCCCC(NC(=O)OC(C)(C)C)C(=O)Nc1cccnc1CC. The fourth-order valence-corrected chi connectivity index (χ4v) is 2.18. The second-order valence-electron chi connectivity index (χ2n) is 6.68. The van der Waals surface area contributed by atoms with Crippen molar-refractivity contribution in [1.29, 1.82) is 0 Å². The van der Waals surface area contributed by atoms with Gasteiger partial charge in [-0.05, 0) is 45.7 Å². The van der Waals surface area contributed by atoms with Crippen molar-refractivity contribution in [3.63, 3.8) is 0 Å². The number of carbonyl (C=O) groups is 2. The van der Waals surface area contributed by atoms with Crippen molar-refractivity contribution in [1.82, 2.24) is 10.3 Å². The number of unbranched alkanes of at least 4 members (excludes halogenated alkanes) is 1.